The van der Waals surface area contributed by atoms with Crippen molar-refractivity contribution in [2.45, 2.75) is 52.2 Å². The Morgan fingerprint density at radius 3 is 2.50 bits per heavy atom. The molecule has 0 atom stereocenters. The van der Waals surface area contributed by atoms with Gasteiger partial charge in [-0.25, -0.2) is 9.78 Å². The zero-order chi connectivity index (χ0) is 22.1. The molecule has 0 saturated carbocycles. The van der Waals surface area contributed by atoms with E-state index >= 15 is 0 Å². The molecule has 32 heavy (non-hydrogen) atoms. The highest BCUT2D eigenvalue weighted by molar-refractivity contribution is 5.91. The van der Waals surface area contributed by atoms with Crippen LogP contribution in [0.1, 0.15) is 32.0 Å². The molecule has 0 fully saturated rings. The molecule has 7 nitrogen and oxygen atoms in total. The Morgan fingerprint density at radius 2 is 1.78 bits per heavy atom. The van der Waals surface area contributed by atoms with Crippen LogP contribution in [0.3, 0.4) is 0 Å². The number of hydrogen-bond donors (Lipinski definition) is 1. The normalized spacial score (nSPS) is 13.3. The number of para-hydroxylation sites is 2. The van der Waals surface area contributed by atoms with Crippen LogP contribution in [0.2, 0.25) is 0 Å². The van der Waals surface area contributed by atoms with Crippen LogP contribution in [0.25, 0.3) is 22.3 Å². The number of aryl methyl sites for hydroxylation is 4. The lowest BCUT2D eigenvalue weighted by atomic mass is 10.1. The van der Waals surface area contributed by atoms with Gasteiger partial charge in [-0.05, 0) is 44.0 Å². The van der Waals surface area contributed by atoms with Gasteiger partial charge >= 0.3 is 5.69 Å². The number of imidazole rings is 2. The van der Waals surface area contributed by atoms with Gasteiger partial charge in [0, 0.05) is 49.9 Å². The Hall–Kier alpha value is -3.61. The third kappa shape index (κ3) is 3.75. The van der Waals surface area contributed by atoms with E-state index in [0.29, 0.717) is 13.1 Å². The molecule has 5 rings (SSSR count). The standard InChI is InChI=1S/C25H27N5O2/c1-2-29-21-7-3-4-8-22(21)30(25(29)32)16-14-24(31)26-19-12-10-18(11-13-19)20-17-28-15-6-5-9-23(28)27-20/h3-4,7-8,10-13,17H,2,5-6,9,14-16H2,1H3,(H,26,31). The third-order valence-corrected chi connectivity index (χ3v) is 6.18. The van der Waals surface area contributed by atoms with Crippen LogP contribution >= 0.6 is 0 Å². The predicted molar refractivity (Wildman–Crippen MR) is 126 cm³/mol. The molecule has 1 aliphatic rings. The number of anilines is 1. The van der Waals surface area contributed by atoms with Gasteiger partial charge < -0.3 is 9.88 Å². The molecule has 0 aliphatic carbocycles. The van der Waals surface area contributed by atoms with Gasteiger partial charge in [0.05, 0.1) is 16.7 Å². The summed E-state index contributed by atoms with van der Waals surface area (Å²) in [5.74, 6) is 1.04. The molecule has 1 amide bonds. The summed E-state index contributed by atoms with van der Waals surface area (Å²) in [5.41, 5.74) is 4.45. The molecule has 1 aliphatic heterocycles. The molecule has 0 radical (unpaired) electrons. The van der Waals surface area contributed by atoms with E-state index in [-0.39, 0.29) is 18.0 Å². The smallest absolute Gasteiger partial charge is 0.329 e. The monoisotopic (exact) mass is 429 g/mol. The fourth-order valence-electron chi connectivity index (χ4n) is 4.51. The summed E-state index contributed by atoms with van der Waals surface area (Å²) in [6, 6.07) is 15.5. The van der Waals surface area contributed by atoms with E-state index in [1.54, 1.807) is 9.13 Å². The SMILES string of the molecule is CCn1c(=O)n(CCC(=O)Nc2ccc(-c3cn4c(n3)CCCC4)cc2)c2ccccc21. The lowest BCUT2D eigenvalue weighted by Crippen LogP contribution is -2.25. The maximum atomic E-state index is 12.7. The number of nitrogens with zero attached hydrogens (tertiary/aromatic N) is 4. The van der Waals surface area contributed by atoms with Gasteiger partial charge in [0.1, 0.15) is 5.82 Å². The Morgan fingerprint density at radius 1 is 1.03 bits per heavy atom. The van der Waals surface area contributed by atoms with Crippen LogP contribution < -0.4 is 11.0 Å². The molecule has 3 heterocycles. The van der Waals surface area contributed by atoms with Gasteiger partial charge in [0.25, 0.3) is 0 Å². The van der Waals surface area contributed by atoms with E-state index < -0.39 is 0 Å². The molecule has 0 unspecified atom stereocenters. The molecule has 7 heteroatoms. The van der Waals surface area contributed by atoms with Crippen molar-refractivity contribution in [3.05, 3.63) is 71.0 Å². The van der Waals surface area contributed by atoms with Gasteiger partial charge in [-0.15, -0.1) is 0 Å². The molecule has 1 N–H and O–H groups in total. The number of fused-ring (bicyclic) bond motifs is 2. The van der Waals surface area contributed by atoms with Crippen molar-refractivity contribution in [1.29, 1.82) is 0 Å². The summed E-state index contributed by atoms with van der Waals surface area (Å²) in [4.78, 5) is 30.0. The zero-order valence-corrected chi connectivity index (χ0v) is 18.3. The second-order valence-electron chi connectivity index (χ2n) is 8.24. The Balaban J connectivity index is 1.25. The van der Waals surface area contributed by atoms with Crippen LogP contribution in [0.15, 0.2) is 59.5 Å². The number of aromatic nitrogens is 4. The largest absolute Gasteiger partial charge is 0.334 e. The van der Waals surface area contributed by atoms with E-state index in [9.17, 15) is 9.59 Å². The average molecular weight is 430 g/mol. The average Bonchev–Trinajstić information content (AvgIpc) is 3.36. The molecule has 164 valence electrons. The second kappa shape index (κ2) is 8.49. The van der Waals surface area contributed by atoms with Crippen LogP contribution in [0, 0.1) is 0 Å². The second-order valence-corrected chi connectivity index (χ2v) is 8.24. The topological polar surface area (TPSA) is 73.8 Å². The molecule has 0 saturated heterocycles. The van der Waals surface area contributed by atoms with E-state index in [1.807, 2.05) is 55.5 Å². The highest BCUT2D eigenvalue weighted by atomic mass is 16.2. The third-order valence-electron chi connectivity index (χ3n) is 6.18. The Labute approximate surface area is 186 Å². The number of hydrogen-bond acceptors (Lipinski definition) is 3. The minimum absolute atomic E-state index is 0.0754. The van der Waals surface area contributed by atoms with Crippen LogP contribution in [0.5, 0.6) is 0 Å². The quantitative estimate of drug-likeness (QED) is 0.502. The van der Waals surface area contributed by atoms with Gasteiger partial charge in [-0.3, -0.25) is 13.9 Å². The first-order valence-electron chi connectivity index (χ1n) is 11.3. The molecule has 0 bridgehead atoms. The van der Waals surface area contributed by atoms with Crippen LogP contribution in [-0.2, 0) is 30.8 Å². The maximum Gasteiger partial charge on any atom is 0.329 e. The molecule has 2 aromatic carbocycles. The first-order valence-corrected chi connectivity index (χ1v) is 11.3. The molecule has 4 aromatic rings. The number of rotatable bonds is 6. The highest BCUT2D eigenvalue weighted by Crippen LogP contribution is 2.24. The number of nitrogens with one attached hydrogen (secondary N) is 1. The van der Waals surface area contributed by atoms with Crippen LogP contribution in [0.4, 0.5) is 5.69 Å². The van der Waals surface area contributed by atoms with Crippen molar-refractivity contribution in [1.82, 2.24) is 18.7 Å². The molecule has 2 aromatic heterocycles. The molecular formula is C25H27N5O2. The Kier molecular flexibility index (Phi) is 5.39. The Bertz CT molecular complexity index is 1300. The van der Waals surface area contributed by atoms with Crippen molar-refractivity contribution in [2.75, 3.05) is 5.32 Å². The summed E-state index contributed by atoms with van der Waals surface area (Å²) in [7, 11) is 0. The van der Waals surface area contributed by atoms with Crippen LogP contribution in [-0.4, -0.2) is 24.6 Å². The summed E-state index contributed by atoms with van der Waals surface area (Å²) in [6.07, 6.45) is 5.79. The van der Waals surface area contributed by atoms with Gasteiger partial charge in [0.15, 0.2) is 0 Å². The molecular weight excluding hydrogens is 402 g/mol. The van der Waals surface area contributed by atoms with Gasteiger partial charge in [-0.2, -0.15) is 0 Å². The van der Waals surface area contributed by atoms with E-state index in [4.69, 9.17) is 4.98 Å². The number of carbonyl (C=O) groups is 1. The van der Waals surface area contributed by atoms with Crippen molar-refractivity contribution in [3.63, 3.8) is 0 Å². The summed E-state index contributed by atoms with van der Waals surface area (Å²) in [5, 5.41) is 2.94. The number of amides is 1. The zero-order valence-electron chi connectivity index (χ0n) is 18.3. The van der Waals surface area contributed by atoms with Crippen molar-refractivity contribution in [3.8, 4) is 11.3 Å². The fraction of sp³-hybridized carbons (Fsp3) is 0.320. The van der Waals surface area contributed by atoms with Gasteiger partial charge in [0.2, 0.25) is 5.91 Å². The number of carbonyl (C=O) groups excluding carboxylic acids is 1. The lowest BCUT2D eigenvalue weighted by molar-refractivity contribution is -0.116. The summed E-state index contributed by atoms with van der Waals surface area (Å²) < 4.78 is 5.66. The van der Waals surface area contributed by atoms with Crippen molar-refractivity contribution >= 4 is 22.6 Å². The summed E-state index contributed by atoms with van der Waals surface area (Å²) in [6.45, 7) is 3.94. The molecule has 0 spiro atoms. The van der Waals surface area contributed by atoms with E-state index in [2.05, 4.69) is 16.1 Å². The van der Waals surface area contributed by atoms with Crippen molar-refractivity contribution in [2.24, 2.45) is 0 Å². The highest BCUT2D eigenvalue weighted by Gasteiger charge is 2.14. The van der Waals surface area contributed by atoms with Gasteiger partial charge in [-0.1, -0.05) is 24.3 Å². The first kappa shape index (κ1) is 20.3. The van der Waals surface area contributed by atoms with E-state index in [0.717, 1.165) is 46.8 Å². The fourth-order valence-corrected chi connectivity index (χ4v) is 4.51. The van der Waals surface area contributed by atoms with E-state index in [1.165, 1.54) is 12.8 Å². The lowest BCUT2D eigenvalue weighted by Gasteiger charge is -2.11. The first-order chi connectivity index (χ1) is 15.6. The minimum Gasteiger partial charge on any atom is -0.334 e. The number of benzene rings is 2. The van der Waals surface area contributed by atoms with Crippen molar-refractivity contribution < 1.29 is 4.79 Å². The summed E-state index contributed by atoms with van der Waals surface area (Å²) >= 11 is 0. The maximum absolute atomic E-state index is 12.7. The predicted octanol–water partition coefficient (Wildman–Crippen LogP) is 4.05. The minimum atomic E-state index is -0.115.